The maximum atomic E-state index is 12.7. The fraction of sp³-hybridized carbons (Fsp3) is 0.353. The molecule has 0 radical (unpaired) electrons. The van der Waals surface area contributed by atoms with E-state index in [-0.39, 0.29) is 17.5 Å². The first-order valence-electron chi connectivity index (χ1n) is 7.70. The summed E-state index contributed by atoms with van der Waals surface area (Å²) in [6, 6.07) is 9.16. The molecule has 6 heteroatoms. The molecule has 1 aliphatic heterocycles. The van der Waals surface area contributed by atoms with Crippen molar-refractivity contribution in [3.05, 3.63) is 53.7 Å². The van der Waals surface area contributed by atoms with Gasteiger partial charge in [0.25, 0.3) is 5.91 Å². The van der Waals surface area contributed by atoms with Gasteiger partial charge < -0.3 is 14.6 Å². The summed E-state index contributed by atoms with van der Waals surface area (Å²) in [6.07, 6.45) is 2.55. The predicted molar refractivity (Wildman–Crippen MR) is 83.8 cm³/mol. The monoisotopic (exact) mass is 313 g/mol. The number of rotatable bonds is 3. The van der Waals surface area contributed by atoms with Crippen LogP contribution in [0.1, 0.15) is 28.4 Å². The first-order valence-corrected chi connectivity index (χ1v) is 7.70. The highest BCUT2D eigenvalue weighted by Crippen LogP contribution is 2.16. The molecular formula is C17H19N3O3. The van der Waals surface area contributed by atoms with Crippen molar-refractivity contribution in [3.63, 3.8) is 0 Å². The molecule has 1 fully saturated rings. The van der Waals surface area contributed by atoms with Crippen molar-refractivity contribution in [3.8, 4) is 0 Å². The Kier molecular flexibility index (Phi) is 4.41. The van der Waals surface area contributed by atoms with Crippen molar-refractivity contribution in [2.24, 2.45) is 0 Å². The van der Waals surface area contributed by atoms with Crippen LogP contribution in [0.5, 0.6) is 0 Å². The first kappa shape index (κ1) is 15.3. The van der Waals surface area contributed by atoms with Crippen molar-refractivity contribution >= 4 is 11.8 Å². The fourth-order valence-corrected chi connectivity index (χ4v) is 2.77. The molecule has 1 saturated heterocycles. The Morgan fingerprint density at radius 2 is 2.17 bits per heavy atom. The second-order valence-corrected chi connectivity index (χ2v) is 5.60. The van der Waals surface area contributed by atoms with Gasteiger partial charge in [-0.05, 0) is 12.0 Å². The highest BCUT2D eigenvalue weighted by molar-refractivity contribution is 5.96. The number of carbonyl (C=O) groups excluding carboxylic acids is 2. The Morgan fingerprint density at radius 3 is 2.87 bits per heavy atom. The van der Waals surface area contributed by atoms with Crippen LogP contribution in [0.4, 0.5) is 0 Å². The van der Waals surface area contributed by atoms with Crippen LogP contribution in [0.15, 0.2) is 41.0 Å². The van der Waals surface area contributed by atoms with E-state index < -0.39 is 6.04 Å². The maximum Gasteiger partial charge on any atom is 0.276 e. The molecule has 0 saturated carbocycles. The minimum Gasteiger partial charge on any atom is -0.448 e. The van der Waals surface area contributed by atoms with E-state index in [2.05, 4.69) is 10.3 Å². The summed E-state index contributed by atoms with van der Waals surface area (Å²) in [6.45, 7) is 2.78. The number of hydrogen-bond acceptors (Lipinski definition) is 4. The summed E-state index contributed by atoms with van der Waals surface area (Å²) >= 11 is 0. The number of amides is 2. The highest BCUT2D eigenvalue weighted by Gasteiger charge is 2.33. The number of aryl methyl sites for hydroxylation is 1. The molecule has 1 aliphatic rings. The second-order valence-electron chi connectivity index (χ2n) is 5.60. The first-order chi connectivity index (χ1) is 11.1. The molecule has 23 heavy (non-hydrogen) atoms. The van der Waals surface area contributed by atoms with E-state index in [0.29, 0.717) is 25.4 Å². The Morgan fingerprint density at radius 1 is 1.39 bits per heavy atom. The summed E-state index contributed by atoms with van der Waals surface area (Å²) in [5, 5.41) is 2.88. The van der Waals surface area contributed by atoms with E-state index in [9.17, 15) is 9.59 Å². The molecule has 0 spiro atoms. The number of benzene rings is 1. The van der Waals surface area contributed by atoms with Crippen LogP contribution in [-0.4, -0.2) is 40.8 Å². The van der Waals surface area contributed by atoms with Crippen LogP contribution < -0.4 is 5.32 Å². The molecule has 6 nitrogen and oxygen atoms in total. The molecule has 0 aliphatic carbocycles. The molecule has 2 aromatic rings. The molecule has 1 aromatic carbocycles. The normalized spacial score (nSPS) is 18.4. The molecule has 2 amide bonds. The number of oxazole rings is 1. The molecule has 1 N–H and O–H groups in total. The van der Waals surface area contributed by atoms with Crippen LogP contribution >= 0.6 is 0 Å². The van der Waals surface area contributed by atoms with Crippen molar-refractivity contribution in [1.82, 2.24) is 15.2 Å². The predicted octanol–water partition coefficient (Wildman–Crippen LogP) is 1.56. The number of carbonyl (C=O) groups is 2. The highest BCUT2D eigenvalue weighted by atomic mass is 16.3. The summed E-state index contributed by atoms with van der Waals surface area (Å²) in [5.74, 6) is 0.0481. The SMILES string of the molecule is Cc1nc(C(=O)N2CCCNC(=O)C2Cc2ccccc2)co1. The smallest absolute Gasteiger partial charge is 0.276 e. The molecule has 1 atom stereocenters. The average molecular weight is 313 g/mol. The number of nitrogens with one attached hydrogen (secondary N) is 1. The molecule has 1 aromatic heterocycles. The van der Waals surface area contributed by atoms with Crippen LogP contribution in [0, 0.1) is 6.92 Å². The summed E-state index contributed by atoms with van der Waals surface area (Å²) < 4.78 is 5.13. The molecule has 120 valence electrons. The fourth-order valence-electron chi connectivity index (χ4n) is 2.77. The average Bonchev–Trinajstić information content (AvgIpc) is 2.91. The van der Waals surface area contributed by atoms with Gasteiger partial charge in [0.15, 0.2) is 11.6 Å². The lowest BCUT2D eigenvalue weighted by atomic mass is 10.0. The summed E-state index contributed by atoms with van der Waals surface area (Å²) in [4.78, 5) is 30.9. The number of aromatic nitrogens is 1. The van der Waals surface area contributed by atoms with Gasteiger partial charge in [-0.1, -0.05) is 30.3 Å². The second kappa shape index (κ2) is 6.64. The molecule has 2 heterocycles. The Hall–Kier alpha value is -2.63. The lowest BCUT2D eigenvalue weighted by Crippen LogP contribution is -2.48. The van der Waals surface area contributed by atoms with Crippen molar-refractivity contribution in [2.45, 2.75) is 25.8 Å². The largest absolute Gasteiger partial charge is 0.448 e. The third kappa shape index (κ3) is 3.41. The number of hydrogen-bond donors (Lipinski definition) is 1. The van der Waals surface area contributed by atoms with Crippen LogP contribution in [0.25, 0.3) is 0 Å². The van der Waals surface area contributed by atoms with Gasteiger partial charge in [-0.15, -0.1) is 0 Å². The summed E-state index contributed by atoms with van der Waals surface area (Å²) in [5.41, 5.74) is 1.26. The van der Waals surface area contributed by atoms with E-state index >= 15 is 0 Å². The van der Waals surface area contributed by atoms with E-state index in [1.54, 1.807) is 11.8 Å². The quantitative estimate of drug-likeness (QED) is 0.933. The van der Waals surface area contributed by atoms with Gasteiger partial charge in [-0.25, -0.2) is 4.98 Å². The zero-order valence-electron chi connectivity index (χ0n) is 13.0. The molecule has 1 unspecified atom stereocenters. The van der Waals surface area contributed by atoms with Crippen LogP contribution in [-0.2, 0) is 11.2 Å². The Bertz CT molecular complexity index is 696. The summed E-state index contributed by atoms with van der Waals surface area (Å²) in [7, 11) is 0. The van der Waals surface area contributed by atoms with Gasteiger partial charge in [-0.2, -0.15) is 0 Å². The van der Waals surface area contributed by atoms with Gasteiger partial charge >= 0.3 is 0 Å². The minimum absolute atomic E-state index is 0.125. The Balaban J connectivity index is 1.87. The van der Waals surface area contributed by atoms with Crippen molar-refractivity contribution in [2.75, 3.05) is 13.1 Å². The van der Waals surface area contributed by atoms with E-state index in [1.165, 1.54) is 6.26 Å². The van der Waals surface area contributed by atoms with Gasteiger partial charge in [0.05, 0.1) is 0 Å². The maximum absolute atomic E-state index is 12.7. The zero-order chi connectivity index (χ0) is 16.2. The van der Waals surface area contributed by atoms with Crippen molar-refractivity contribution < 1.29 is 14.0 Å². The standard InChI is InChI=1S/C17H19N3O3/c1-12-19-14(11-23-12)17(22)20-9-5-8-18-16(21)15(20)10-13-6-3-2-4-7-13/h2-4,6-7,11,15H,5,8-10H2,1H3,(H,18,21). The topological polar surface area (TPSA) is 75.4 Å². The number of nitrogens with zero attached hydrogens (tertiary/aromatic N) is 2. The zero-order valence-corrected chi connectivity index (χ0v) is 13.0. The van der Waals surface area contributed by atoms with E-state index in [0.717, 1.165) is 12.0 Å². The molecule has 3 rings (SSSR count). The van der Waals surface area contributed by atoms with Gasteiger partial charge in [0, 0.05) is 26.4 Å². The van der Waals surface area contributed by atoms with E-state index in [4.69, 9.17) is 4.42 Å². The van der Waals surface area contributed by atoms with Gasteiger partial charge in [0.1, 0.15) is 12.3 Å². The molecule has 0 bridgehead atoms. The van der Waals surface area contributed by atoms with Gasteiger partial charge in [-0.3, -0.25) is 9.59 Å². The lowest BCUT2D eigenvalue weighted by Gasteiger charge is -2.27. The third-order valence-electron chi connectivity index (χ3n) is 3.92. The molecular weight excluding hydrogens is 294 g/mol. The van der Waals surface area contributed by atoms with Crippen LogP contribution in [0.2, 0.25) is 0 Å². The van der Waals surface area contributed by atoms with E-state index in [1.807, 2.05) is 30.3 Å². The van der Waals surface area contributed by atoms with Gasteiger partial charge in [0.2, 0.25) is 5.91 Å². The third-order valence-corrected chi connectivity index (χ3v) is 3.92. The lowest BCUT2D eigenvalue weighted by molar-refractivity contribution is -0.124. The van der Waals surface area contributed by atoms with Crippen LogP contribution in [0.3, 0.4) is 0 Å². The van der Waals surface area contributed by atoms with Crippen molar-refractivity contribution in [1.29, 1.82) is 0 Å². The Labute approximate surface area is 134 Å². The minimum atomic E-state index is -0.538.